The van der Waals surface area contributed by atoms with E-state index in [1.54, 1.807) is 4.31 Å². The lowest BCUT2D eigenvalue weighted by molar-refractivity contribution is 0.268. The minimum absolute atomic E-state index is 0.108. The molecule has 1 aliphatic heterocycles. The van der Waals surface area contributed by atoms with E-state index in [4.69, 9.17) is 0 Å². The molecule has 1 fully saturated rings. The smallest absolute Gasteiger partial charge is 0.218 e. The van der Waals surface area contributed by atoms with Crippen LogP contribution in [0.25, 0.3) is 0 Å². The van der Waals surface area contributed by atoms with Gasteiger partial charge in [-0.05, 0) is 37.4 Å². The summed E-state index contributed by atoms with van der Waals surface area (Å²) >= 11 is 0. The first kappa shape index (κ1) is 16.5. The lowest BCUT2D eigenvalue weighted by atomic mass is 10.1. The van der Waals surface area contributed by atoms with Crippen LogP contribution in [0.4, 0.5) is 0 Å². The van der Waals surface area contributed by atoms with Gasteiger partial charge in [0, 0.05) is 19.1 Å². The predicted octanol–water partition coefficient (Wildman–Crippen LogP) is 2.50. The summed E-state index contributed by atoms with van der Waals surface area (Å²) in [6, 6.07) is 8.00. The van der Waals surface area contributed by atoms with Crippen LogP contribution in [0.3, 0.4) is 0 Å². The van der Waals surface area contributed by atoms with Gasteiger partial charge in [0.05, 0.1) is 5.75 Å². The molecule has 0 spiro atoms. The Morgan fingerprint density at radius 1 is 1.29 bits per heavy atom. The molecule has 4 nitrogen and oxygen atoms in total. The summed E-state index contributed by atoms with van der Waals surface area (Å²) in [5.41, 5.74) is 2.01. The molecule has 118 valence electrons. The Morgan fingerprint density at radius 3 is 2.76 bits per heavy atom. The Hall–Kier alpha value is -0.910. The largest absolute Gasteiger partial charge is 0.313 e. The highest BCUT2D eigenvalue weighted by Crippen LogP contribution is 2.22. The third-order valence-corrected chi connectivity index (χ3v) is 5.97. The number of nitrogens with one attached hydrogen (secondary N) is 1. The van der Waals surface area contributed by atoms with E-state index in [1.807, 2.05) is 31.2 Å². The van der Waals surface area contributed by atoms with E-state index in [2.05, 4.69) is 12.2 Å². The van der Waals surface area contributed by atoms with Crippen LogP contribution in [-0.4, -0.2) is 31.9 Å². The van der Waals surface area contributed by atoms with Crippen molar-refractivity contribution in [3.05, 3.63) is 35.4 Å². The fourth-order valence-electron chi connectivity index (χ4n) is 2.88. The molecule has 0 saturated carbocycles. The third-order valence-electron chi connectivity index (χ3n) is 4.02. The Labute approximate surface area is 128 Å². The second-order valence-electron chi connectivity index (χ2n) is 5.81. The maximum Gasteiger partial charge on any atom is 0.218 e. The number of piperidine rings is 1. The summed E-state index contributed by atoms with van der Waals surface area (Å²) in [6.07, 6.45) is 3.08. The Kier molecular flexibility index (Phi) is 5.79. The number of nitrogens with zero attached hydrogens (tertiary/aromatic N) is 1. The molecule has 0 aromatic heterocycles. The zero-order valence-corrected chi connectivity index (χ0v) is 13.8. The molecule has 1 aromatic rings. The van der Waals surface area contributed by atoms with Gasteiger partial charge in [-0.25, -0.2) is 8.42 Å². The van der Waals surface area contributed by atoms with Crippen molar-refractivity contribution in [2.75, 3.05) is 13.1 Å². The molecular weight excluding hydrogens is 284 g/mol. The van der Waals surface area contributed by atoms with E-state index >= 15 is 0 Å². The highest BCUT2D eigenvalue weighted by Gasteiger charge is 2.29. The molecular formula is C16H26N2O2S. The van der Waals surface area contributed by atoms with Crippen LogP contribution in [0.2, 0.25) is 0 Å². The van der Waals surface area contributed by atoms with E-state index in [9.17, 15) is 8.42 Å². The first-order valence-electron chi connectivity index (χ1n) is 7.81. The first-order valence-corrected chi connectivity index (χ1v) is 9.42. The van der Waals surface area contributed by atoms with Gasteiger partial charge >= 0.3 is 0 Å². The summed E-state index contributed by atoms with van der Waals surface area (Å²) in [5, 5.41) is 3.27. The molecule has 0 radical (unpaired) electrons. The monoisotopic (exact) mass is 310 g/mol. The molecule has 1 saturated heterocycles. The molecule has 0 bridgehead atoms. The number of hydrogen-bond acceptors (Lipinski definition) is 3. The van der Waals surface area contributed by atoms with Crippen molar-refractivity contribution in [3.63, 3.8) is 0 Å². The second kappa shape index (κ2) is 7.38. The van der Waals surface area contributed by atoms with Crippen molar-refractivity contribution in [2.45, 2.75) is 51.4 Å². The van der Waals surface area contributed by atoms with Crippen LogP contribution in [0, 0.1) is 0 Å². The van der Waals surface area contributed by atoms with E-state index in [0.717, 1.165) is 43.5 Å². The Balaban J connectivity index is 2.09. The molecule has 1 unspecified atom stereocenters. The minimum atomic E-state index is -3.21. The number of benzene rings is 1. The average Bonchev–Trinajstić information content (AvgIpc) is 2.45. The van der Waals surface area contributed by atoms with Gasteiger partial charge in [0.2, 0.25) is 10.0 Å². The topological polar surface area (TPSA) is 49.4 Å². The van der Waals surface area contributed by atoms with Gasteiger partial charge < -0.3 is 5.32 Å². The molecule has 0 amide bonds. The van der Waals surface area contributed by atoms with Crippen molar-refractivity contribution >= 4 is 10.0 Å². The SMILES string of the molecule is CCNCc1cccc(CS(=O)(=O)N2CCCCC2C)c1. The normalized spacial score (nSPS) is 20.6. The minimum Gasteiger partial charge on any atom is -0.313 e. The van der Waals surface area contributed by atoms with E-state index in [-0.39, 0.29) is 11.8 Å². The van der Waals surface area contributed by atoms with Gasteiger partial charge in [0.25, 0.3) is 0 Å². The lowest BCUT2D eigenvalue weighted by Gasteiger charge is -2.32. The quantitative estimate of drug-likeness (QED) is 0.878. The second-order valence-corrected chi connectivity index (χ2v) is 7.73. The van der Waals surface area contributed by atoms with Gasteiger partial charge in [-0.15, -0.1) is 0 Å². The summed E-state index contributed by atoms with van der Waals surface area (Å²) in [4.78, 5) is 0. The van der Waals surface area contributed by atoms with Crippen LogP contribution < -0.4 is 5.32 Å². The van der Waals surface area contributed by atoms with Crippen molar-refractivity contribution in [2.24, 2.45) is 0 Å². The van der Waals surface area contributed by atoms with Gasteiger partial charge in [-0.1, -0.05) is 37.6 Å². The standard InChI is InChI=1S/C16H26N2O2S/c1-3-17-12-15-8-6-9-16(11-15)13-21(19,20)18-10-5-4-7-14(18)2/h6,8-9,11,14,17H,3-5,7,10,12-13H2,1-2H3. The molecule has 2 rings (SSSR count). The average molecular weight is 310 g/mol. The maximum absolute atomic E-state index is 12.6. The third kappa shape index (κ3) is 4.53. The highest BCUT2D eigenvalue weighted by molar-refractivity contribution is 7.88. The van der Waals surface area contributed by atoms with Crippen LogP contribution in [0.15, 0.2) is 24.3 Å². The fraction of sp³-hybridized carbons (Fsp3) is 0.625. The van der Waals surface area contributed by atoms with Crippen molar-refractivity contribution in [1.29, 1.82) is 0 Å². The molecule has 1 heterocycles. The Bertz CT molecular complexity index is 557. The zero-order valence-electron chi connectivity index (χ0n) is 13.0. The van der Waals surface area contributed by atoms with Crippen molar-refractivity contribution in [1.82, 2.24) is 9.62 Å². The molecule has 1 aliphatic rings. The number of sulfonamides is 1. The van der Waals surface area contributed by atoms with E-state index in [1.165, 1.54) is 0 Å². The first-order chi connectivity index (χ1) is 10.0. The number of hydrogen-bond donors (Lipinski definition) is 1. The van der Waals surface area contributed by atoms with Crippen LogP contribution >= 0.6 is 0 Å². The van der Waals surface area contributed by atoms with Crippen molar-refractivity contribution in [3.8, 4) is 0 Å². The molecule has 1 atom stereocenters. The molecule has 5 heteroatoms. The fourth-order valence-corrected chi connectivity index (χ4v) is 4.70. The van der Waals surface area contributed by atoms with Gasteiger partial charge in [0.1, 0.15) is 0 Å². The van der Waals surface area contributed by atoms with Gasteiger partial charge in [-0.3, -0.25) is 0 Å². The molecule has 1 N–H and O–H groups in total. The van der Waals surface area contributed by atoms with Crippen molar-refractivity contribution < 1.29 is 8.42 Å². The summed E-state index contributed by atoms with van der Waals surface area (Å²) in [7, 11) is -3.21. The van der Waals surface area contributed by atoms with Crippen LogP contribution in [0.1, 0.15) is 44.2 Å². The van der Waals surface area contributed by atoms with Crippen LogP contribution in [-0.2, 0) is 22.3 Å². The molecule has 0 aliphatic carbocycles. The molecule has 21 heavy (non-hydrogen) atoms. The summed E-state index contributed by atoms with van der Waals surface area (Å²) in [6.45, 7) is 6.43. The van der Waals surface area contributed by atoms with E-state index < -0.39 is 10.0 Å². The lowest BCUT2D eigenvalue weighted by Crippen LogP contribution is -2.42. The van der Waals surface area contributed by atoms with Gasteiger partial charge in [0.15, 0.2) is 0 Å². The molecule has 1 aromatic carbocycles. The summed E-state index contributed by atoms with van der Waals surface area (Å²) < 4.78 is 26.9. The zero-order chi connectivity index (χ0) is 15.3. The van der Waals surface area contributed by atoms with Gasteiger partial charge in [-0.2, -0.15) is 4.31 Å². The Morgan fingerprint density at radius 2 is 2.05 bits per heavy atom. The van der Waals surface area contributed by atoms with E-state index in [0.29, 0.717) is 6.54 Å². The maximum atomic E-state index is 12.6. The number of rotatable bonds is 6. The highest BCUT2D eigenvalue weighted by atomic mass is 32.2. The predicted molar refractivity (Wildman–Crippen MR) is 86.5 cm³/mol. The van der Waals surface area contributed by atoms with Crippen LogP contribution in [0.5, 0.6) is 0 Å². The summed E-state index contributed by atoms with van der Waals surface area (Å²) in [5.74, 6) is 0.108.